The number of primary amides is 1. The molecule has 27 heavy (non-hydrogen) atoms. The van der Waals surface area contributed by atoms with E-state index in [0.29, 0.717) is 24.0 Å². The second-order valence-electron chi connectivity index (χ2n) is 7.86. The Morgan fingerprint density at radius 2 is 2.00 bits per heavy atom. The van der Waals surface area contributed by atoms with Gasteiger partial charge in [0.25, 0.3) is 5.91 Å². The van der Waals surface area contributed by atoms with Gasteiger partial charge in [-0.3, -0.25) is 9.48 Å². The van der Waals surface area contributed by atoms with E-state index in [-0.39, 0.29) is 20.9 Å². The molecule has 9 heteroatoms. The average Bonchev–Trinajstić information content (AvgIpc) is 3.03. The fourth-order valence-electron chi connectivity index (χ4n) is 4.01. The molecule has 0 unspecified atom stereocenters. The third kappa shape index (κ3) is 3.20. The summed E-state index contributed by atoms with van der Waals surface area (Å²) < 4.78 is 28.0. The minimum absolute atomic E-state index is 0.0544. The number of anilines is 1. The number of aryl methyl sites for hydroxylation is 2. The Kier molecular flexibility index (Phi) is 4.54. The van der Waals surface area contributed by atoms with Gasteiger partial charge >= 0.3 is 0 Å². The number of rotatable bonds is 4. The highest BCUT2D eigenvalue weighted by Crippen LogP contribution is 2.39. The van der Waals surface area contributed by atoms with Crippen molar-refractivity contribution in [2.45, 2.75) is 49.4 Å². The second kappa shape index (κ2) is 6.33. The van der Waals surface area contributed by atoms with E-state index < -0.39 is 15.7 Å². The summed E-state index contributed by atoms with van der Waals surface area (Å²) in [6.45, 7) is 8.51. The minimum atomic E-state index is -3.98. The van der Waals surface area contributed by atoms with Gasteiger partial charge in [0.2, 0.25) is 9.84 Å². The van der Waals surface area contributed by atoms with Crippen molar-refractivity contribution in [3.05, 3.63) is 29.7 Å². The molecule has 146 valence electrons. The maximum Gasteiger partial charge on any atom is 0.253 e. The van der Waals surface area contributed by atoms with Gasteiger partial charge < -0.3 is 10.6 Å². The van der Waals surface area contributed by atoms with Crippen molar-refractivity contribution in [1.29, 1.82) is 0 Å². The lowest BCUT2D eigenvalue weighted by Crippen LogP contribution is -2.40. The summed E-state index contributed by atoms with van der Waals surface area (Å²) in [5.41, 5.74) is 5.67. The molecule has 1 amide bonds. The van der Waals surface area contributed by atoms with E-state index in [0.717, 1.165) is 6.42 Å². The Labute approximate surface area is 159 Å². The average molecular weight is 391 g/mol. The highest BCUT2D eigenvalue weighted by atomic mass is 32.2. The SMILES string of the molecule is Cc1nn(C)cc1S(=O)(=O)c1ccnc(N2C[C@@H](C)CC2(C)C)c1C(N)=O. The van der Waals surface area contributed by atoms with Crippen LogP contribution in [0.1, 0.15) is 43.2 Å². The summed E-state index contributed by atoms with van der Waals surface area (Å²) >= 11 is 0. The van der Waals surface area contributed by atoms with Crippen molar-refractivity contribution in [3.63, 3.8) is 0 Å². The van der Waals surface area contributed by atoms with Crippen LogP contribution in [0.5, 0.6) is 0 Å². The fraction of sp³-hybridized carbons (Fsp3) is 0.500. The maximum absolute atomic E-state index is 13.3. The molecule has 1 atom stereocenters. The number of aromatic nitrogens is 3. The first kappa shape index (κ1) is 19.3. The number of amides is 1. The first-order chi connectivity index (χ1) is 12.4. The topological polar surface area (TPSA) is 111 Å². The predicted octanol–water partition coefficient (Wildman–Crippen LogP) is 1.68. The van der Waals surface area contributed by atoms with Crippen LogP contribution in [0.3, 0.4) is 0 Å². The molecule has 1 aliphatic heterocycles. The number of hydrogen-bond acceptors (Lipinski definition) is 6. The van der Waals surface area contributed by atoms with E-state index in [9.17, 15) is 13.2 Å². The zero-order valence-electron chi connectivity index (χ0n) is 16.2. The van der Waals surface area contributed by atoms with E-state index in [1.54, 1.807) is 14.0 Å². The van der Waals surface area contributed by atoms with Crippen LogP contribution in [-0.2, 0) is 16.9 Å². The number of carbonyl (C=O) groups is 1. The minimum Gasteiger partial charge on any atom is -0.365 e. The molecule has 1 fully saturated rings. The van der Waals surface area contributed by atoms with E-state index >= 15 is 0 Å². The van der Waals surface area contributed by atoms with Crippen molar-refractivity contribution in [1.82, 2.24) is 14.8 Å². The highest BCUT2D eigenvalue weighted by molar-refractivity contribution is 7.91. The first-order valence-electron chi connectivity index (χ1n) is 8.77. The summed E-state index contributed by atoms with van der Waals surface area (Å²) in [6, 6.07) is 1.33. The van der Waals surface area contributed by atoms with Gasteiger partial charge in [-0.05, 0) is 39.2 Å². The number of hydrogen-bond donors (Lipinski definition) is 1. The molecule has 0 radical (unpaired) electrons. The van der Waals surface area contributed by atoms with Gasteiger partial charge in [0.15, 0.2) is 0 Å². The zero-order chi connectivity index (χ0) is 20.1. The van der Waals surface area contributed by atoms with Crippen molar-refractivity contribution in [2.75, 3.05) is 11.4 Å². The largest absolute Gasteiger partial charge is 0.365 e. The summed E-state index contributed by atoms with van der Waals surface area (Å²) in [5, 5.41) is 4.11. The van der Waals surface area contributed by atoms with E-state index in [2.05, 4.69) is 30.9 Å². The summed E-state index contributed by atoms with van der Waals surface area (Å²) in [4.78, 5) is 18.6. The molecule has 3 heterocycles. The van der Waals surface area contributed by atoms with Gasteiger partial charge in [-0.15, -0.1) is 0 Å². The third-order valence-corrected chi connectivity index (χ3v) is 6.91. The van der Waals surface area contributed by atoms with E-state index in [1.807, 2.05) is 4.90 Å². The number of carbonyl (C=O) groups excluding carboxylic acids is 1. The molecule has 2 N–H and O–H groups in total. The van der Waals surface area contributed by atoms with Gasteiger partial charge in [-0.25, -0.2) is 13.4 Å². The van der Waals surface area contributed by atoms with Crippen molar-refractivity contribution < 1.29 is 13.2 Å². The number of nitrogens with two attached hydrogens (primary N) is 1. The van der Waals surface area contributed by atoms with Gasteiger partial charge in [-0.1, -0.05) is 6.92 Å². The van der Waals surface area contributed by atoms with Crippen LogP contribution in [0.25, 0.3) is 0 Å². The van der Waals surface area contributed by atoms with Crippen LogP contribution >= 0.6 is 0 Å². The molecule has 0 aliphatic carbocycles. The summed E-state index contributed by atoms with van der Waals surface area (Å²) in [7, 11) is -2.33. The monoisotopic (exact) mass is 391 g/mol. The lowest BCUT2D eigenvalue weighted by Gasteiger charge is -2.33. The van der Waals surface area contributed by atoms with Gasteiger partial charge in [0.05, 0.1) is 10.6 Å². The smallest absolute Gasteiger partial charge is 0.253 e. The normalized spacial score (nSPS) is 19.4. The van der Waals surface area contributed by atoms with E-state index in [4.69, 9.17) is 5.73 Å². The molecule has 2 aromatic rings. The van der Waals surface area contributed by atoms with Crippen LogP contribution in [0.2, 0.25) is 0 Å². The lowest BCUT2D eigenvalue weighted by atomic mass is 9.97. The lowest BCUT2D eigenvalue weighted by molar-refractivity contribution is 0.0997. The predicted molar refractivity (Wildman–Crippen MR) is 101 cm³/mol. The highest BCUT2D eigenvalue weighted by Gasteiger charge is 2.40. The quantitative estimate of drug-likeness (QED) is 0.849. The van der Waals surface area contributed by atoms with Crippen molar-refractivity contribution >= 4 is 21.6 Å². The Balaban J connectivity index is 2.24. The summed E-state index contributed by atoms with van der Waals surface area (Å²) in [6.07, 6.45) is 3.75. The second-order valence-corrected chi connectivity index (χ2v) is 9.75. The molecule has 8 nitrogen and oxygen atoms in total. The number of nitrogens with zero attached hydrogens (tertiary/aromatic N) is 4. The molecule has 1 aliphatic rings. The van der Waals surface area contributed by atoms with Crippen molar-refractivity contribution in [3.8, 4) is 0 Å². The Morgan fingerprint density at radius 3 is 2.48 bits per heavy atom. The van der Waals surface area contributed by atoms with Gasteiger partial charge in [-0.2, -0.15) is 5.10 Å². The van der Waals surface area contributed by atoms with Crippen LogP contribution in [-0.4, -0.2) is 41.2 Å². The van der Waals surface area contributed by atoms with E-state index in [1.165, 1.54) is 23.1 Å². The fourth-order valence-corrected chi connectivity index (χ4v) is 5.67. The van der Waals surface area contributed by atoms with Crippen molar-refractivity contribution in [2.24, 2.45) is 18.7 Å². The number of pyridine rings is 1. The summed E-state index contributed by atoms with van der Waals surface area (Å²) in [5.74, 6) is -0.101. The Morgan fingerprint density at radius 1 is 1.33 bits per heavy atom. The molecule has 0 aromatic carbocycles. The molecule has 0 saturated carbocycles. The molecular formula is C18H25N5O3S. The third-order valence-electron chi connectivity index (χ3n) is 5.02. The maximum atomic E-state index is 13.3. The van der Waals surface area contributed by atoms with Crippen LogP contribution in [0.15, 0.2) is 28.3 Å². The first-order valence-corrected chi connectivity index (χ1v) is 10.2. The molecular weight excluding hydrogens is 366 g/mol. The molecule has 0 spiro atoms. The van der Waals surface area contributed by atoms with Crippen LogP contribution in [0, 0.1) is 12.8 Å². The van der Waals surface area contributed by atoms with Crippen LogP contribution < -0.4 is 10.6 Å². The van der Waals surface area contributed by atoms with Gasteiger partial charge in [0, 0.05) is 31.5 Å². The standard InChI is InChI=1S/C18H25N5O3S/c1-11-8-18(3,4)23(9-11)17-15(16(19)24)13(6-7-20-17)27(25,26)14-10-22(5)21-12(14)2/h6-7,10-11H,8-9H2,1-5H3,(H2,19,24)/t11-/m0/s1. The number of sulfone groups is 1. The zero-order valence-corrected chi connectivity index (χ0v) is 17.0. The molecule has 1 saturated heterocycles. The molecule has 3 rings (SSSR count). The van der Waals surface area contributed by atoms with Crippen LogP contribution in [0.4, 0.5) is 5.82 Å². The van der Waals surface area contributed by atoms with Gasteiger partial charge in [0.1, 0.15) is 16.3 Å². The Hall–Kier alpha value is -2.42. The molecule has 2 aromatic heterocycles. The molecule has 0 bridgehead atoms. The Bertz CT molecular complexity index is 1010.